The first-order valence-electron chi connectivity index (χ1n) is 5.37. The van der Waals surface area contributed by atoms with E-state index in [0.29, 0.717) is 11.7 Å². The van der Waals surface area contributed by atoms with Crippen LogP contribution in [0.2, 0.25) is 0 Å². The SMILES string of the molecule is C=CC[C@@H]1[C@@]2(C)C=C[C@]1(C)C(=O)CC2. The van der Waals surface area contributed by atoms with Crippen LogP contribution in [0.5, 0.6) is 0 Å². The van der Waals surface area contributed by atoms with E-state index in [9.17, 15) is 4.79 Å². The third kappa shape index (κ3) is 1.05. The maximum absolute atomic E-state index is 11.9. The highest BCUT2D eigenvalue weighted by molar-refractivity contribution is 5.89. The highest BCUT2D eigenvalue weighted by Crippen LogP contribution is 2.57. The maximum Gasteiger partial charge on any atom is 0.142 e. The highest BCUT2D eigenvalue weighted by atomic mass is 16.1. The molecule has 1 heteroatoms. The number of ketones is 1. The molecular formula is C13H18O. The van der Waals surface area contributed by atoms with Crippen molar-refractivity contribution in [1.29, 1.82) is 0 Å². The van der Waals surface area contributed by atoms with Gasteiger partial charge in [0.25, 0.3) is 0 Å². The molecule has 0 aliphatic heterocycles. The van der Waals surface area contributed by atoms with Gasteiger partial charge >= 0.3 is 0 Å². The van der Waals surface area contributed by atoms with Gasteiger partial charge in [0.2, 0.25) is 0 Å². The van der Waals surface area contributed by atoms with Crippen LogP contribution in [0.3, 0.4) is 0 Å². The summed E-state index contributed by atoms with van der Waals surface area (Å²) in [6.45, 7) is 8.16. The molecule has 0 amide bonds. The monoisotopic (exact) mass is 190 g/mol. The van der Waals surface area contributed by atoms with Gasteiger partial charge in [-0.05, 0) is 31.1 Å². The summed E-state index contributed by atoms with van der Waals surface area (Å²) in [5, 5.41) is 0. The Balaban J connectivity index is 2.40. The summed E-state index contributed by atoms with van der Waals surface area (Å²) in [5.41, 5.74) is 0.0258. The molecule has 14 heavy (non-hydrogen) atoms. The van der Waals surface area contributed by atoms with Gasteiger partial charge in [0, 0.05) is 11.8 Å². The van der Waals surface area contributed by atoms with E-state index >= 15 is 0 Å². The van der Waals surface area contributed by atoms with E-state index in [2.05, 4.69) is 32.6 Å². The zero-order valence-corrected chi connectivity index (χ0v) is 9.05. The molecule has 2 rings (SSSR count). The largest absolute Gasteiger partial charge is 0.299 e. The smallest absolute Gasteiger partial charge is 0.142 e. The number of hydrogen-bond donors (Lipinski definition) is 0. The Kier molecular flexibility index (Phi) is 1.95. The molecule has 0 aromatic rings. The Morgan fingerprint density at radius 1 is 1.57 bits per heavy atom. The van der Waals surface area contributed by atoms with Crippen molar-refractivity contribution in [3.05, 3.63) is 24.8 Å². The molecule has 76 valence electrons. The van der Waals surface area contributed by atoms with Crippen molar-refractivity contribution in [3.8, 4) is 0 Å². The number of carbonyl (C=O) groups is 1. The second kappa shape index (κ2) is 2.82. The molecule has 0 unspecified atom stereocenters. The molecule has 0 spiro atoms. The van der Waals surface area contributed by atoms with Crippen LogP contribution in [0.1, 0.15) is 33.1 Å². The number of Topliss-reactive ketones (excluding diaryl/α,β-unsaturated/α-hetero) is 1. The van der Waals surface area contributed by atoms with E-state index in [-0.39, 0.29) is 10.8 Å². The van der Waals surface area contributed by atoms with Crippen molar-refractivity contribution >= 4 is 5.78 Å². The van der Waals surface area contributed by atoms with Crippen molar-refractivity contribution in [2.24, 2.45) is 16.7 Å². The maximum atomic E-state index is 11.9. The average Bonchev–Trinajstić information content (AvgIpc) is 2.34. The number of fused-ring (bicyclic) bond motifs is 2. The summed E-state index contributed by atoms with van der Waals surface area (Å²) in [5.74, 6) is 0.851. The van der Waals surface area contributed by atoms with Crippen LogP contribution in [0.4, 0.5) is 0 Å². The van der Waals surface area contributed by atoms with Gasteiger partial charge in [0.15, 0.2) is 0 Å². The molecule has 1 saturated carbocycles. The van der Waals surface area contributed by atoms with E-state index in [1.54, 1.807) is 0 Å². The molecule has 0 saturated heterocycles. The molecule has 1 nitrogen and oxygen atoms in total. The number of rotatable bonds is 2. The summed E-state index contributed by atoms with van der Waals surface area (Å²) >= 11 is 0. The first-order valence-corrected chi connectivity index (χ1v) is 5.37. The fraction of sp³-hybridized carbons (Fsp3) is 0.615. The molecule has 2 aliphatic carbocycles. The Hall–Kier alpha value is -0.850. The lowest BCUT2D eigenvalue weighted by atomic mass is 9.59. The highest BCUT2D eigenvalue weighted by Gasteiger charge is 2.54. The van der Waals surface area contributed by atoms with Gasteiger partial charge in [0.05, 0.1) is 0 Å². The van der Waals surface area contributed by atoms with Crippen molar-refractivity contribution < 1.29 is 4.79 Å². The van der Waals surface area contributed by atoms with Gasteiger partial charge in [0.1, 0.15) is 5.78 Å². The third-order valence-corrected chi connectivity index (χ3v) is 4.22. The summed E-state index contributed by atoms with van der Waals surface area (Å²) in [4.78, 5) is 11.9. The van der Waals surface area contributed by atoms with E-state index in [1.807, 2.05) is 6.08 Å². The van der Waals surface area contributed by atoms with Gasteiger partial charge < -0.3 is 0 Å². The van der Waals surface area contributed by atoms with Crippen molar-refractivity contribution in [2.75, 3.05) is 0 Å². The van der Waals surface area contributed by atoms with Crippen molar-refractivity contribution in [1.82, 2.24) is 0 Å². The number of allylic oxidation sites excluding steroid dienone is 3. The Morgan fingerprint density at radius 3 is 2.93 bits per heavy atom. The standard InChI is InChI=1S/C13H18O/c1-4-5-10-12(2)7-6-11(14)13(10,3)9-8-12/h4,8-10H,1,5-7H2,2-3H3/t10-,12-,13+/m1/s1. The van der Waals surface area contributed by atoms with Crippen LogP contribution in [-0.4, -0.2) is 5.78 Å². The molecule has 0 radical (unpaired) electrons. The lowest BCUT2D eigenvalue weighted by Crippen LogP contribution is -2.42. The topological polar surface area (TPSA) is 17.1 Å². The fourth-order valence-corrected chi connectivity index (χ4v) is 3.16. The summed E-state index contributed by atoms with van der Waals surface area (Å²) in [7, 11) is 0. The molecule has 2 bridgehead atoms. The van der Waals surface area contributed by atoms with Crippen LogP contribution < -0.4 is 0 Å². The molecule has 0 aromatic carbocycles. The average molecular weight is 190 g/mol. The Morgan fingerprint density at radius 2 is 2.29 bits per heavy atom. The number of carbonyl (C=O) groups excluding carboxylic acids is 1. The lowest BCUT2D eigenvalue weighted by molar-refractivity contribution is -0.133. The minimum Gasteiger partial charge on any atom is -0.299 e. The molecule has 2 aliphatic rings. The van der Waals surface area contributed by atoms with Crippen LogP contribution in [0.15, 0.2) is 24.8 Å². The van der Waals surface area contributed by atoms with Crippen LogP contribution in [0, 0.1) is 16.7 Å². The van der Waals surface area contributed by atoms with Crippen LogP contribution >= 0.6 is 0 Å². The van der Waals surface area contributed by atoms with E-state index in [1.165, 1.54) is 0 Å². The first-order chi connectivity index (χ1) is 6.53. The van der Waals surface area contributed by atoms with Gasteiger partial charge in [-0.3, -0.25) is 4.79 Å². The van der Waals surface area contributed by atoms with Gasteiger partial charge in [-0.15, -0.1) is 6.58 Å². The molecule has 0 heterocycles. The van der Waals surface area contributed by atoms with Gasteiger partial charge in [-0.25, -0.2) is 0 Å². The van der Waals surface area contributed by atoms with E-state index < -0.39 is 0 Å². The van der Waals surface area contributed by atoms with E-state index in [4.69, 9.17) is 0 Å². The second-order valence-corrected chi connectivity index (χ2v) is 5.12. The minimum absolute atomic E-state index is 0.207. The van der Waals surface area contributed by atoms with Gasteiger partial charge in [-0.2, -0.15) is 0 Å². The molecule has 0 N–H and O–H groups in total. The predicted octanol–water partition coefficient (Wildman–Crippen LogP) is 3.12. The summed E-state index contributed by atoms with van der Waals surface area (Å²) in [6, 6.07) is 0. The number of hydrogen-bond acceptors (Lipinski definition) is 1. The van der Waals surface area contributed by atoms with Crippen LogP contribution in [-0.2, 0) is 4.79 Å². The Labute approximate surface area is 85.9 Å². The van der Waals surface area contributed by atoms with Crippen molar-refractivity contribution in [2.45, 2.75) is 33.1 Å². The quantitative estimate of drug-likeness (QED) is 0.611. The minimum atomic E-state index is -0.207. The molecular weight excluding hydrogens is 172 g/mol. The van der Waals surface area contributed by atoms with E-state index in [0.717, 1.165) is 19.3 Å². The molecule has 1 fully saturated rings. The second-order valence-electron chi connectivity index (χ2n) is 5.12. The lowest BCUT2D eigenvalue weighted by Gasteiger charge is -2.43. The zero-order valence-electron chi connectivity index (χ0n) is 9.05. The summed E-state index contributed by atoms with van der Waals surface area (Å²) < 4.78 is 0. The molecule has 0 aromatic heterocycles. The fourth-order valence-electron chi connectivity index (χ4n) is 3.16. The first kappa shape index (κ1) is 9.70. The zero-order chi connectivity index (χ0) is 10.4. The molecule has 3 atom stereocenters. The predicted molar refractivity (Wildman–Crippen MR) is 57.9 cm³/mol. The third-order valence-electron chi connectivity index (χ3n) is 4.22. The summed E-state index contributed by atoms with van der Waals surface area (Å²) in [6.07, 6.45) is 9.05. The van der Waals surface area contributed by atoms with Gasteiger partial charge in [-0.1, -0.05) is 25.2 Å². The van der Waals surface area contributed by atoms with Crippen molar-refractivity contribution in [3.63, 3.8) is 0 Å². The Bertz CT molecular complexity index is 315. The van der Waals surface area contributed by atoms with Crippen LogP contribution in [0.25, 0.3) is 0 Å². The normalized spacial score (nSPS) is 45.6.